The van der Waals surface area contributed by atoms with E-state index in [4.69, 9.17) is 0 Å². The lowest BCUT2D eigenvalue weighted by molar-refractivity contribution is -0.205. The summed E-state index contributed by atoms with van der Waals surface area (Å²) in [5.41, 5.74) is 1.55. The monoisotopic (exact) mass is 396 g/mol. The molecule has 2 fully saturated rings. The van der Waals surface area contributed by atoms with E-state index in [2.05, 4.69) is 0 Å². The number of benzene rings is 1. The Hall–Kier alpha value is -1.86. The SMILES string of the molecule is CC=Cc1ccc([C@@H]2[C@H](CO)N(C(=O)CC)C23CN(CCC(F)(F)F)C3)cc1. The molecule has 0 bridgehead atoms. The minimum atomic E-state index is -4.18. The number of halogens is 3. The molecule has 0 saturated carbocycles. The summed E-state index contributed by atoms with van der Waals surface area (Å²) in [6, 6.07) is 7.64. The molecule has 7 heteroatoms. The van der Waals surface area contributed by atoms with E-state index in [-0.39, 0.29) is 31.0 Å². The molecule has 2 aliphatic heterocycles. The number of hydrogen-bond donors (Lipinski definition) is 1. The van der Waals surface area contributed by atoms with Crippen molar-refractivity contribution in [1.29, 1.82) is 0 Å². The van der Waals surface area contributed by atoms with Crippen LogP contribution in [0.3, 0.4) is 0 Å². The van der Waals surface area contributed by atoms with Crippen LogP contribution < -0.4 is 0 Å². The Bertz CT molecular complexity index is 724. The Morgan fingerprint density at radius 1 is 1.29 bits per heavy atom. The van der Waals surface area contributed by atoms with Gasteiger partial charge in [0.25, 0.3) is 0 Å². The van der Waals surface area contributed by atoms with Gasteiger partial charge < -0.3 is 10.0 Å². The van der Waals surface area contributed by atoms with Crippen molar-refractivity contribution >= 4 is 12.0 Å². The van der Waals surface area contributed by atoms with Crippen LogP contribution in [0, 0.1) is 0 Å². The van der Waals surface area contributed by atoms with E-state index in [9.17, 15) is 23.1 Å². The maximum Gasteiger partial charge on any atom is 0.390 e. The molecule has 28 heavy (non-hydrogen) atoms. The van der Waals surface area contributed by atoms with Gasteiger partial charge in [-0.15, -0.1) is 0 Å². The third-order valence-electron chi connectivity index (χ3n) is 5.89. The maximum atomic E-state index is 12.6. The largest absolute Gasteiger partial charge is 0.394 e. The van der Waals surface area contributed by atoms with Gasteiger partial charge in [0.1, 0.15) is 0 Å². The number of nitrogens with zero attached hydrogens (tertiary/aromatic N) is 2. The number of carbonyl (C=O) groups excluding carboxylic acids is 1. The van der Waals surface area contributed by atoms with E-state index in [0.29, 0.717) is 19.5 Å². The van der Waals surface area contributed by atoms with Gasteiger partial charge in [0.15, 0.2) is 0 Å². The Morgan fingerprint density at radius 2 is 1.93 bits per heavy atom. The van der Waals surface area contributed by atoms with E-state index in [1.165, 1.54) is 0 Å². The number of allylic oxidation sites excluding steroid dienone is 1. The van der Waals surface area contributed by atoms with Crippen molar-refractivity contribution in [3.8, 4) is 0 Å². The number of likely N-dealkylation sites (tertiary alicyclic amines) is 2. The molecule has 4 nitrogen and oxygen atoms in total. The molecule has 0 radical (unpaired) electrons. The van der Waals surface area contributed by atoms with Crippen LogP contribution in [0.4, 0.5) is 13.2 Å². The fourth-order valence-corrected chi connectivity index (χ4v) is 4.76. The first-order valence-corrected chi connectivity index (χ1v) is 9.70. The first kappa shape index (κ1) is 20.9. The first-order valence-electron chi connectivity index (χ1n) is 9.70. The number of aliphatic hydroxyl groups is 1. The lowest BCUT2D eigenvalue weighted by atomic mass is 9.60. The standard InChI is InChI=1S/C21H27F3N2O2/c1-3-5-15-6-8-16(9-7-15)19-17(12-27)26(18(28)4-2)20(19)13-25(14-20)11-10-21(22,23)24/h3,5-9,17,19,27H,4,10-14H2,1-2H3/t17-,19+/m0/s1. The molecular weight excluding hydrogens is 369 g/mol. The van der Waals surface area contributed by atoms with Gasteiger partial charge in [-0.05, 0) is 18.1 Å². The Kier molecular flexibility index (Phi) is 5.87. The van der Waals surface area contributed by atoms with E-state index < -0.39 is 18.1 Å². The van der Waals surface area contributed by atoms with Gasteiger partial charge in [-0.2, -0.15) is 13.2 Å². The third-order valence-corrected chi connectivity index (χ3v) is 5.89. The summed E-state index contributed by atoms with van der Waals surface area (Å²) in [6.07, 6.45) is -0.789. The zero-order valence-corrected chi connectivity index (χ0v) is 16.2. The van der Waals surface area contributed by atoms with Gasteiger partial charge in [-0.1, -0.05) is 43.3 Å². The van der Waals surface area contributed by atoms with Crippen LogP contribution in [-0.2, 0) is 4.79 Å². The minimum absolute atomic E-state index is 0.0590. The van der Waals surface area contributed by atoms with Gasteiger partial charge in [0, 0.05) is 32.0 Å². The summed E-state index contributed by atoms with van der Waals surface area (Å²) >= 11 is 0. The van der Waals surface area contributed by atoms with Crippen LogP contribution in [0.2, 0.25) is 0 Å². The molecule has 2 aliphatic rings. The summed E-state index contributed by atoms with van der Waals surface area (Å²) in [5.74, 6) is -0.133. The van der Waals surface area contributed by atoms with Crippen molar-refractivity contribution in [2.24, 2.45) is 0 Å². The predicted molar refractivity (Wildman–Crippen MR) is 102 cm³/mol. The molecule has 1 aromatic carbocycles. The van der Waals surface area contributed by atoms with Crippen molar-refractivity contribution in [3.63, 3.8) is 0 Å². The van der Waals surface area contributed by atoms with Crippen LogP contribution >= 0.6 is 0 Å². The molecule has 2 heterocycles. The number of alkyl halides is 3. The maximum absolute atomic E-state index is 12.6. The van der Waals surface area contributed by atoms with Crippen molar-refractivity contribution < 1.29 is 23.1 Å². The molecule has 1 aromatic rings. The van der Waals surface area contributed by atoms with Gasteiger partial charge >= 0.3 is 6.18 Å². The fraction of sp³-hybridized carbons (Fsp3) is 0.571. The molecule has 3 rings (SSSR count). The number of rotatable bonds is 6. The molecular formula is C21H27F3N2O2. The summed E-state index contributed by atoms with van der Waals surface area (Å²) in [4.78, 5) is 16.0. The highest BCUT2D eigenvalue weighted by atomic mass is 19.4. The van der Waals surface area contributed by atoms with Crippen molar-refractivity contribution in [1.82, 2.24) is 9.80 Å². The average molecular weight is 396 g/mol. The van der Waals surface area contributed by atoms with Crippen LogP contribution in [0.1, 0.15) is 43.7 Å². The highest BCUT2D eigenvalue weighted by molar-refractivity contribution is 5.79. The highest BCUT2D eigenvalue weighted by Crippen LogP contribution is 2.54. The van der Waals surface area contributed by atoms with Gasteiger partial charge in [0.2, 0.25) is 5.91 Å². The number of carbonyl (C=O) groups is 1. The van der Waals surface area contributed by atoms with Crippen molar-refractivity contribution in [3.05, 3.63) is 41.5 Å². The molecule has 1 spiro atoms. The van der Waals surface area contributed by atoms with Crippen LogP contribution in [0.15, 0.2) is 30.3 Å². The molecule has 0 unspecified atom stereocenters. The third kappa shape index (κ3) is 3.70. The zero-order chi connectivity index (χ0) is 20.5. The van der Waals surface area contributed by atoms with Crippen LogP contribution in [-0.4, -0.2) is 64.8 Å². The lowest BCUT2D eigenvalue weighted by Crippen LogP contribution is -2.85. The predicted octanol–water partition coefficient (Wildman–Crippen LogP) is 3.42. The topological polar surface area (TPSA) is 43.8 Å². The van der Waals surface area contributed by atoms with Crippen LogP contribution in [0.5, 0.6) is 0 Å². The molecule has 2 saturated heterocycles. The Morgan fingerprint density at radius 3 is 2.43 bits per heavy atom. The highest BCUT2D eigenvalue weighted by Gasteiger charge is 2.66. The Labute approximate surface area is 163 Å². The molecule has 1 amide bonds. The molecule has 2 atom stereocenters. The fourth-order valence-electron chi connectivity index (χ4n) is 4.76. The molecule has 154 valence electrons. The summed E-state index contributed by atoms with van der Waals surface area (Å²) in [5, 5.41) is 9.93. The number of hydrogen-bond acceptors (Lipinski definition) is 3. The van der Waals surface area contributed by atoms with Gasteiger partial charge in [0.05, 0.1) is 24.6 Å². The second-order valence-corrected chi connectivity index (χ2v) is 7.69. The van der Waals surface area contributed by atoms with Crippen LogP contribution in [0.25, 0.3) is 6.08 Å². The second-order valence-electron chi connectivity index (χ2n) is 7.69. The van der Waals surface area contributed by atoms with E-state index in [1.807, 2.05) is 43.3 Å². The normalized spacial score (nSPS) is 24.4. The molecule has 1 N–H and O–H groups in total. The van der Waals surface area contributed by atoms with Crippen molar-refractivity contribution in [2.75, 3.05) is 26.2 Å². The number of amides is 1. The minimum Gasteiger partial charge on any atom is -0.394 e. The molecule has 0 aliphatic carbocycles. The number of aliphatic hydroxyl groups excluding tert-OH is 1. The summed E-state index contributed by atoms with van der Waals surface area (Å²) in [7, 11) is 0. The quantitative estimate of drug-likeness (QED) is 0.801. The first-order chi connectivity index (χ1) is 13.3. The smallest absolute Gasteiger partial charge is 0.390 e. The average Bonchev–Trinajstić information content (AvgIpc) is 2.60. The summed E-state index contributed by atoms with van der Waals surface area (Å²) < 4.78 is 37.7. The Balaban J connectivity index is 1.82. The van der Waals surface area contributed by atoms with Gasteiger partial charge in [-0.25, -0.2) is 0 Å². The summed E-state index contributed by atoms with van der Waals surface area (Å²) in [6.45, 7) is 4.31. The van der Waals surface area contributed by atoms with E-state index in [0.717, 1.165) is 11.1 Å². The van der Waals surface area contributed by atoms with Crippen molar-refractivity contribution in [2.45, 2.75) is 50.4 Å². The second kappa shape index (κ2) is 7.87. The van der Waals surface area contributed by atoms with Gasteiger partial charge in [-0.3, -0.25) is 9.69 Å². The van der Waals surface area contributed by atoms with E-state index in [1.54, 1.807) is 16.7 Å². The lowest BCUT2D eigenvalue weighted by Gasteiger charge is -2.70. The molecule has 0 aromatic heterocycles. The zero-order valence-electron chi connectivity index (χ0n) is 16.2. The van der Waals surface area contributed by atoms with E-state index >= 15 is 0 Å².